The monoisotopic (exact) mass is 260 g/mol. The minimum Gasteiger partial charge on any atom is -0.0654 e. The Hall–Kier alpha value is -0.0200. The van der Waals surface area contributed by atoms with Gasteiger partial charge < -0.3 is 0 Å². The van der Waals surface area contributed by atoms with Gasteiger partial charge in [-0.3, -0.25) is 0 Å². The molecule has 2 nitrogen and oxygen atoms in total. The molecule has 0 heterocycles. The normalized spacial score (nSPS) is 11.0. The third-order valence-corrected chi connectivity index (χ3v) is 3.70. The topological polar surface area (TPSA) is 20.3 Å². The first kappa shape index (κ1) is 17.0. The van der Waals surface area contributed by atoms with Crippen molar-refractivity contribution in [1.29, 1.82) is 0 Å². The van der Waals surface area contributed by atoms with Crippen LogP contribution in [0.5, 0.6) is 0 Å². The summed E-state index contributed by atoms with van der Waals surface area (Å²) in [6.45, 7) is 6.42. The average molecular weight is 260 g/mol. The molecule has 0 amide bonds. The molecule has 0 saturated heterocycles. The van der Waals surface area contributed by atoms with Crippen molar-refractivity contribution < 1.29 is 4.21 Å². The standard InChI is InChI=1S/C14H30NOS/c1-3-5-7-9-11-13-15(17-16)14-12-10-8-6-4-2/h3-14H2,1-2H3/q+1. The largest absolute Gasteiger partial charge is 0.590 e. The van der Waals surface area contributed by atoms with Gasteiger partial charge in [0.2, 0.25) is 0 Å². The van der Waals surface area contributed by atoms with E-state index in [1.54, 1.807) is 0 Å². The summed E-state index contributed by atoms with van der Waals surface area (Å²) in [5.41, 5.74) is 0. The first-order valence-electron chi connectivity index (χ1n) is 7.40. The lowest BCUT2D eigenvalue weighted by molar-refractivity contribution is 0.409. The van der Waals surface area contributed by atoms with Gasteiger partial charge in [-0.15, -0.1) is 0 Å². The maximum Gasteiger partial charge on any atom is 0.590 e. The van der Waals surface area contributed by atoms with E-state index in [0.717, 1.165) is 13.1 Å². The molecule has 0 saturated carbocycles. The van der Waals surface area contributed by atoms with Crippen LogP contribution in [0.2, 0.25) is 0 Å². The Kier molecular flexibility index (Phi) is 14.0. The van der Waals surface area contributed by atoms with Gasteiger partial charge in [-0.1, -0.05) is 65.2 Å². The van der Waals surface area contributed by atoms with Crippen LogP contribution in [0.1, 0.15) is 78.1 Å². The third-order valence-electron chi connectivity index (χ3n) is 3.13. The lowest BCUT2D eigenvalue weighted by Gasteiger charge is -2.04. The highest BCUT2D eigenvalue weighted by atomic mass is 32.2. The van der Waals surface area contributed by atoms with Gasteiger partial charge in [0, 0.05) is 0 Å². The molecule has 0 atom stereocenters. The second-order valence-corrected chi connectivity index (χ2v) is 5.50. The van der Waals surface area contributed by atoms with E-state index in [2.05, 4.69) is 13.8 Å². The SMILES string of the molecule is CCCCCCCN(CCCCCCC)[S+]=O. The Balaban J connectivity index is 3.33. The van der Waals surface area contributed by atoms with Crippen LogP contribution >= 0.6 is 0 Å². The van der Waals surface area contributed by atoms with Crippen LogP contribution in [-0.2, 0) is 16.1 Å². The Morgan fingerprint density at radius 2 is 1.12 bits per heavy atom. The first-order valence-corrected chi connectivity index (χ1v) is 8.09. The molecule has 0 aliphatic heterocycles. The van der Waals surface area contributed by atoms with E-state index in [1.165, 1.54) is 64.2 Å². The maximum atomic E-state index is 10.9. The number of hydrogen-bond donors (Lipinski definition) is 0. The highest BCUT2D eigenvalue weighted by Crippen LogP contribution is 2.06. The second-order valence-electron chi connectivity index (χ2n) is 4.83. The lowest BCUT2D eigenvalue weighted by Crippen LogP contribution is -2.21. The van der Waals surface area contributed by atoms with Gasteiger partial charge in [0.05, 0.1) is 17.3 Å². The van der Waals surface area contributed by atoms with Crippen molar-refractivity contribution in [2.45, 2.75) is 78.1 Å². The molecule has 17 heavy (non-hydrogen) atoms. The Labute approximate surface area is 112 Å². The second kappa shape index (κ2) is 14.0. The van der Waals surface area contributed by atoms with Crippen LogP contribution in [-0.4, -0.2) is 17.4 Å². The summed E-state index contributed by atoms with van der Waals surface area (Å²) >= 11 is 0.681. The Morgan fingerprint density at radius 1 is 0.706 bits per heavy atom. The fourth-order valence-corrected chi connectivity index (χ4v) is 2.38. The van der Waals surface area contributed by atoms with E-state index < -0.39 is 0 Å². The molecule has 0 radical (unpaired) electrons. The zero-order chi connectivity index (χ0) is 12.8. The molecule has 0 fully saturated rings. The molecule has 0 bridgehead atoms. The van der Waals surface area contributed by atoms with E-state index in [0.29, 0.717) is 11.9 Å². The van der Waals surface area contributed by atoms with Crippen molar-refractivity contribution in [1.82, 2.24) is 4.31 Å². The van der Waals surface area contributed by atoms with Crippen LogP contribution in [0.25, 0.3) is 0 Å². The smallest absolute Gasteiger partial charge is 0.0654 e. The number of nitrogens with zero attached hydrogens (tertiary/aromatic N) is 1. The number of hydrogen-bond acceptors (Lipinski definition) is 1. The molecule has 102 valence electrons. The molecule has 0 aromatic rings. The summed E-state index contributed by atoms with van der Waals surface area (Å²) in [6.07, 6.45) is 12.8. The van der Waals surface area contributed by atoms with Gasteiger partial charge in [0.25, 0.3) is 0 Å². The summed E-state index contributed by atoms with van der Waals surface area (Å²) in [5, 5.41) is 0. The van der Waals surface area contributed by atoms with Gasteiger partial charge in [-0.2, -0.15) is 0 Å². The van der Waals surface area contributed by atoms with Crippen molar-refractivity contribution in [2.75, 3.05) is 13.1 Å². The lowest BCUT2D eigenvalue weighted by atomic mass is 10.1. The first-order chi connectivity index (χ1) is 8.35. The van der Waals surface area contributed by atoms with Gasteiger partial charge in [0.15, 0.2) is 0 Å². The predicted molar refractivity (Wildman–Crippen MR) is 77.1 cm³/mol. The third kappa shape index (κ3) is 12.2. The fraction of sp³-hybridized carbons (Fsp3) is 1.00. The van der Waals surface area contributed by atoms with E-state index >= 15 is 0 Å². The van der Waals surface area contributed by atoms with Crippen molar-refractivity contribution >= 4 is 11.9 Å². The Morgan fingerprint density at radius 3 is 1.47 bits per heavy atom. The van der Waals surface area contributed by atoms with Crippen molar-refractivity contribution in [2.24, 2.45) is 0 Å². The number of unbranched alkanes of at least 4 members (excludes halogenated alkanes) is 8. The number of rotatable bonds is 13. The minimum atomic E-state index is 0.681. The molecule has 0 aromatic carbocycles. The van der Waals surface area contributed by atoms with Crippen LogP contribution in [0.15, 0.2) is 0 Å². The molecular formula is C14H30NOS+. The van der Waals surface area contributed by atoms with Crippen molar-refractivity contribution in [3.8, 4) is 0 Å². The van der Waals surface area contributed by atoms with Gasteiger partial charge in [-0.25, -0.2) is 0 Å². The summed E-state index contributed by atoms with van der Waals surface area (Å²) in [6, 6.07) is 0. The zero-order valence-corrected chi connectivity index (χ0v) is 12.6. The summed E-state index contributed by atoms with van der Waals surface area (Å²) in [5.74, 6) is 0. The van der Waals surface area contributed by atoms with Crippen molar-refractivity contribution in [3.05, 3.63) is 0 Å². The molecule has 0 N–H and O–H groups in total. The van der Waals surface area contributed by atoms with Crippen LogP contribution in [0, 0.1) is 0 Å². The predicted octanol–water partition coefficient (Wildman–Crippen LogP) is 4.57. The summed E-state index contributed by atoms with van der Waals surface area (Å²) in [7, 11) is 0. The van der Waals surface area contributed by atoms with E-state index in [-0.39, 0.29) is 0 Å². The summed E-state index contributed by atoms with van der Waals surface area (Å²) in [4.78, 5) is 0. The Bertz CT molecular complexity index is 150. The molecule has 0 aliphatic rings. The molecule has 0 spiro atoms. The van der Waals surface area contributed by atoms with Crippen LogP contribution < -0.4 is 0 Å². The highest BCUT2D eigenvalue weighted by Gasteiger charge is 2.15. The van der Waals surface area contributed by atoms with Crippen molar-refractivity contribution in [3.63, 3.8) is 0 Å². The quantitative estimate of drug-likeness (QED) is 0.270. The van der Waals surface area contributed by atoms with Gasteiger partial charge in [0.1, 0.15) is 0 Å². The zero-order valence-electron chi connectivity index (χ0n) is 11.7. The average Bonchev–Trinajstić information content (AvgIpc) is 2.36. The molecule has 3 heteroatoms. The molecule has 0 rings (SSSR count). The molecular weight excluding hydrogens is 230 g/mol. The van der Waals surface area contributed by atoms with Crippen LogP contribution in [0.4, 0.5) is 0 Å². The summed E-state index contributed by atoms with van der Waals surface area (Å²) < 4.78 is 12.9. The van der Waals surface area contributed by atoms with Gasteiger partial charge in [-0.05, 0) is 17.1 Å². The molecule has 0 unspecified atom stereocenters. The van der Waals surface area contributed by atoms with Crippen LogP contribution in [0.3, 0.4) is 0 Å². The minimum absolute atomic E-state index is 0.681. The van der Waals surface area contributed by atoms with Gasteiger partial charge >= 0.3 is 11.9 Å². The maximum absolute atomic E-state index is 10.9. The van der Waals surface area contributed by atoms with E-state index in [4.69, 9.17) is 0 Å². The fourth-order valence-electron chi connectivity index (χ4n) is 1.97. The highest BCUT2D eigenvalue weighted by molar-refractivity contribution is 7.62. The molecule has 0 aromatic heterocycles. The van der Waals surface area contributed by atoms with E-state index in [9.17, 15) is 4.21 Å². The molecule has 0 aliphatic carbocycles. The van der Waals surface area contributed by atoms with E-state index in [1.807, 2.05) is 4.31 Å².